The number of hydrogen-bond donors (Lipinski definition) is 2. The number of hydrogen-bond acceptors (Lipinski definition) is 9. The summed E-state index contributed by atoms with van der Waals surface area (Å²) in [6.45, 7) is 1.16. The van der Waals surface area contributed by atoms with Crippen LogP contribution in [0.4, 0.5) is 0 Å². The van der Waals surface area contributed by atoms with Crippen LogP contribution in [0.2, 0.25) is 0 Å². The zero-order valence-corrected chi connectivity index (χ0v) is 24.6. The second-order valence-electron chi connectivity index (χ2n) is 10.3. The van der Waals surface area contributed by atoms with E-state index in [-0.39, 0.29) is 29.0 Å². The number of aromatic nitrogens is 3. The molecular weight excluding hydrogens is 570 g/mol. The third-order valence-corrected chi connectivity index (χ3v) is 8.49. The molecule has 2 N–H and O–H groups in total. The molecule has 0 spiro atoms. The van der Waals surface area contributed by atoms with Crippen molar-refractivity contribution in [1.82, 2.24) is 25.0 Å². The number of carbonyl (C=O) groups is 2. The molecule has 8 bridgehead atoms. The third-order valence-electron chi connectivity index (χ3n) is 7.47. The van der Waals surface area contributed by atoms with Crippen LogP contribution in [0.1, 0.15) is 39.5 Å². The number of phenolic OH excluding ortho intramolecular Hbond substituents is 1. The lowest BCUT2D eigenvalue weighted by Crippen LogP contribution is -2.41. The van der Waals surface area contributed by atoms with Crippen LogP contribution in [0.15, 0.2) is 66.1 Å². The van der Waals surface area contributed by atoms with Gasteiger partial charge in [0.2, 0.25) is 5.91 Å². The topological polar surface area (TPSA) is 128 Å². The highest BCUT2D eigenvalue weighted by atomic mass is 32.2. The number of nitrogens with one attached hydrogen (secondary N) is 1. The van der Waals surface area contributed by atoms with Crippen LogP contribution in [0.25, 0.3) is 0 Å². The lowest BCUT2D eigenvalue weighted by molar-refractivity contribution is -0.130. The van der Waals surface area contributed by atoms with Gasteiger partial charge < -0.3 is 34.1 Å². The fraction of sp³-hybridized carbons (Fsp3) is 0.290. The highest BCUT2D eigenvalue weighted by Crippen LogP contribution is 2.41. The quantitative estimate of drug-likeness (QED) is 0.332. The predicted octanol–water partition coefficient (Wildman–Crippen LogP) is 4.10. The largest absolute Gasteiger partial charge is 0.507 e. The molecule has 2 amide bonds. The van der Waals surface area contributed by atoms with Crippen LogP contribution in [-0.4, -0.2) is 69.1 Å². The van der Waals surface area contributed by atoms with E-state index in [1.807, 2.05) is 48.3 Å². The number of nitrogens with zero attached hydrogens (tertiary/aromatic N) is 4. The number of amides is 2. The van der Waals surface area contributed by atoms with Crippen molar-refractivity contribution in [3.63, 3.8) is 0 Å². The second kappa shape index (κ2) is 12.3. The molecular formula is C31H31N5O6S. The minimum absolute atomic E-state index is 0.0169. The van der Waals surface area contributed by atoms with E-state index in [0.717, 1.165) is 16.7 Å². The molecule has 4 aromatic rings. The average molecular weight is 602 g/mol. The van der Waals surface area contributed by atoms with E-state index >= 15 is 0 Å². The normalized spacial score (nSPS) is 16.4. The Kier molecular flexibility index (Phi) is 8.10. The minimum atomic E-state index is -0.404. The zero-order valence-electron chi connectivity index (χ0n) is 23.8. The van der Waals surface area contributed by atoms with Crippen molar-refractivity contribution < 1.29 is 28.9 Å². The molecule has 11 nitrogen and oxygen atoms in total. The van der Waals surface area contributed by atoms with Gasteiger partial charge in [0.25, 0.3) is 5.91 Å². The molecule has 0 saturated heterocycles. The molecule has 3 aromatic carbocycles. The summed E-state index contributed by atoms with van der Waals surface area (Å²) in [5.74, 6) is 1.80. The Balaban J connectivity index is 1.39. The molecule has 0 saturated carbocycles. The second-order valence-corrected chi connectivity index (χ2v) is 11.2. The van der Waals surface area contributed by atoms with E-state index in [2.05, 4.69) is 15.5 Å². The molecule has 0 fully saturated rings. The van der Waals surface area contributed by atoms with Gasteiger partial charge in [-0.2, -0.15) is 0 Å². The van der Waals surface area contributed by atoms with Crippen LogP contribution in [0.3, 0.4) is 0 Å². The van der Waals surface area contributed by atoms with Crippen molar-refractivity contribution in [1.29, 1.82) is 0 Å². The first-order chi connectivity index (χ1) is 20.9. The Morgan fingerprint density at radius 3 is 2.81 bits per heavy atom. The van der Waals surface area contributed by atoms with Crippen LogP contribution >= 0.6 is 11.8 Å². The van der Waals surface area contributed by atoms with Gasteiger partial charge in [-0.15, -0.1) is 10.2 Å². The number of carbonyl (C=O) groups excluding carboxylic acids is 2. The summed E-state index contributed by atoms with van der Waals surface area (Å²) in [4.78, 5) is 28.4. The van der Waals surface area contributed by atoms with E-state index in [0.29, 0.717) is 60.7 Å². The molecule has 0 aliphatic carbocycles. The van der Waals surface area contributed by atoms with Crippen molar-refractivity contribution >= 4 is 23.6 Å². The first-order valence-corrected chi connectivity index (χ1v) is 14.9. The summed E-state index contributed by atoms with van der Waals surface area (Å²) in [7, 11) is 3.43. The summed E-state index contributed by atoms with van der Waals surface area (Å²) in [5, 5.41) is 21.8. The van der Waals surface area contributed by atoms with Gasteiger partial charge in [-0.3, -0.25) is 9.59 Å². The van der Waals surface area contributed by atoms with Gasteiger partial charge in [0.1, 0.15) is 23.6 Å². The van der Waals surface area contributed by atoms with Crippen LogP contribution in [-0.2, 0) is 18.3 Å². The Labute approximate surface area is 252 Å². The molecule has 222 valence electrons. The minimum Gasteiger partial charge on any atom is -0.507 e. The number of methoxy groups -OCH3 is 1. The number of rotatable bonds is 4. The Hall–Kier alpha value is -4.71. The third kappa shape index (κ3) is 5.96. The van der Waals surface area contributed by atoms with Crippen molar-refractivity contribution in [2.45, 2.75) is 24.0 Å². The highest BCUT2D eigenvalue weighted by Gasteiger charge is 2.33. The number of aromatic hydroxyl groups is 1. The fourth-order valence-electron chi connectivity index (χ4n) is 5.33. The van der Waals surface area contributed by atoms with Crippen LogP contribution < -0.4 is 19.5 Å². The number of phenols is 1. The fourth-order valence-corrected chi connectivity index (χ4v) is 6.11. The van der Waals surface area contributed by atoms with Crippen LogP contribution in [0.5, 0.6) is 28.7 Å². The van der Waals surface area contributed by atoms with Gasteiger partial charge >= 0.3 is 0 Å². The van der Waals surface area contributed by atoms with Gasteiger partial charge in [0.15, 0.2) is 16.7 Å². The Morgan fingerprint density at radius 2 is 2.00 bits per heavy atom. The first kappa shape index (κ1) is 28.4. The molecule has 1 unspecified atom stereocenters. The summed E-state index contributed by atoms with van der Waals surface area (Å²) >= 11 is 1.35. The maximum absolute atomic E-state index is 13.7. The first-order valence-electron chi connectivity index (χ1n) is 13.9. The van der Waals surface area contributed by atoms with E-state index in [1.165, 1.54) is 23.9 Å². The molecule has 0 radical (unpaired) electrons. The SMILES string of the molecule is COc1ccc2cc1OCCCNC(=O)c1cc(ccc1O)Oc1ccc3c(c1)CCN(C(=O)CSc1nncn1C)C23. The molecule has 12 heteroatoms. The molecule has 7 rings (SSSR count). The van der Waals surface area contributed by atoms with E-state index < -0.39 is 5.91 Å². The molecule has 1 aromatic heterocycles. The standard InChI is InChI=1S/C31H31N5O6S/c1-35-18-33-34-31(35)43-17-28(38)36-12-10-19-14-21-5-7-23(19)29(36)20-4-9-26(40-2)27(15-20)41-13-3-11-32-30(39)24-16-22(42-21)6-8-25(24)37/h4-9,14-16,18,29,37H,3,10-13,17H2,1-2H3,(H,32,39). The summed E-state index contributed by atoms with van der Waals surface area (Å²) in [5.41, 5.74) is 3.04. The Bertz CT molecular complexity index is 1670. The van der Waals surface area contributed by atoms with Gasteiger partial charge in [0, 0.05) is 20.1 Å². The van der Waals surface area contributed by atoms with Crippen molar-refractivity contribution in [3.8, 4) is 28.7 Å². The van der Waals surface area contributed by atoms with Crippen LogP contribution in [0, 0.1) is 0 Å². The smallest absolute Gasteiger partial charge is 0.255 e. The molecule has 3 aliphatic rings. The van der Waals surface area contributed by atoms with Crippen molar-refractivity contribution in [2.24, 2.45) is 7.05 Å². The highest BCUT2D eigenvalue weighted by molar-refractivity contribution is 7.99. The van der Waals surface area contributed by atoms with Crippen molar-refractivity contribution in [2.75, 3.05) is 32.6 Å². The number of aryl methyl sites for hydroxylation is 1. The van der Waals surface area contributed by atoms with E-state index in [9.17, 15) is 14.7 Å². The number of thioether (sulfide) groups is 1. The number of benzene rings is 3. The number of ether oxygens (including phenoxy) is 3. The molecule has 4 heterocycles. The van der Waals surface area contributed by atoms with Gasteiger partial charge in [-0.1, -0.05) is 23.9 Å². The maximum Gasteiger partial charge on any atom is 0.255 e. The monoisotopic (exact) mass is 601 g/mol. The summed E-state index contributed by atoms with van der Waals surface area (Å²) in [6.07, 6.45) is 2.77. The summed E-state index contributed by atoms with van der Waals surface area (Å²) < 4.78 is 19.6. The zero-order chi connectivity index (χ0) is 29.9. The molecule has 1 atom stereocenters. The van der Waals surface area contributed by atoms with Gasteiger partial charge in [0.05, 0.1) is 31.1 Å². The Morgan fingerprint density at radius 1 is 1.16 bits per heavy atom. The van der Waals surface area contributed by atoms with Crippen molar-refractivity contribution in [3.05, 3.63) is 83.2 Å². The van der Waals surface area contributed by atoms with E-state index in [1.54, 1.807) is 24.1 Å². The maximum atomic E-state index is 13.7. The number of fused-ring (bicyclic) bond motifs is 6. The molecule has 3 aliphatic heterocycles. The van der Waals surface area contributed by atoms with Gasteiger partial charge in [-0.05, 0) is 72.0 Å². The summed E-state index contributed by atoms with van der Waals surface area (Å²) in [6, 6.07) is 15.8. The van der Waals surface area contributed by atoms with E-state index in [4.69, 9.17) is 14.2 Å². The van der Waals surface area contributed by atoms with Gasteiger partial charge in [-0.25, -0.2) is 0 Å². The lowest BCUT2D eigenvalue weighted by Gasteiger charge is -2.38. The average Bonchev–Trinajstić information content (AvgIpc) is 3.43. The predicted molar refractivity (Wildman–Crippen MR) is 159 cm³/mol. The molecule has 43 heavy (non-hydrogen) atoms. The lowest BCUT2D eigenvalue weighted by atomic mass is 9.87.